The Balaban J connectivity index is 1.97. The number of methoxy groups -OCH3 is 1. The number of nitrogens with one attached hydrogen (secondary N) is 1. The molecule has 0 radical (unpaired) electrons. The second-order valence-corrected chi connectivity index (χ2v) is 7.54. The highest BCUT2D eigenvalue weighted by Gasteiger charge is 2.21. The number of piperidine rings is 1. The smallest absolute Gasteiger partial charge is 0.179 e. The number of rotatable bonds is 6. The van der Waals surface area contributed by atoms with Crippen molar-refractivity contribution in [2.24, 2.45) is 0 Å². The van der Waals surface area contributed by atoms with Crippen LogP contribution in [0.25, 0.3) is 0 Å². The predicted octanol–water partition coefficient (Wildman–Crippen LogP) is 1.15. The first-order valence-corrected chi connectivity index (χ1v) is 8.97. The first-order valence-electron chi connectivity index (χ1n) is 7.31. The summed E-state index contributed by atoms with van der Waals surface area (Å²) in [4.78, 5) is 2.56. The summed E-state index contributed by atoms with van der Waals surface area (Å²) in [6.07, 6.45) is 2.28. The summed E-state index contributed by atoms with van der Waals surface area (Å²) in [6.45, 7) is 2.48. The van der Waals surface area contributed by atoms with Gasteiger partial charge in [-0.15, -0.1) is 0 Å². The first kappa shape index (κ1) is 16.3. The molecular weight excluding hydrogens is 288 g/mol. The number of likely N-dealkylation sites (N-methyl/N-ethyl adjacent to an activating group) is 1. The maximum absolute atomic E-state index is 12.4. The number of sulfone groups is 1. The summed E-state index contributed by atoms with van der Waals surface area (Å²) in [5, 5.41) is 3.27. The second kappa shape index (κ2) is 7.24. The number of ether oxygens (including phenoxy) is 1. The molecule has 118 valence electrons. The molecule has 1 aliphatic rings. The predicted molar refractivity (Wildman–Crippen MR) is 83.6 cm³/mol. The summed E-state index contributed by atoms with van der Waals surface area (Å²) in [5.74, 6) is 0.723. The van der Waals surface area contributed by atoms with Crippen molar-refractivity contribution >= 4 is 9.84 Å². The highest BCUT2D eigenvalue weighted by atomic mass is 32.2. The van der Waals surface area contributed by atoms with Gasteiger partial charge >= 0.3 is 0 Å². The highest BCUT2D eigenvalue weighted by molar-refractivity contribution is 7.91. The number of benzene rings is 1. The number of likely N-dealkylation sites (tertiary alicyclic amines) is 1. The Morgan fingerprint density at radius 3 is 2.95 bits per heavy atom. The average molecular weight is 312 g/mol. The van der Waals surface area contributed by atoms with Crippen LogP contribution < -0.4 is 10.1 Å². The third-order valence-electron chi connectivity index (χ3n) is 3.99. The van der Waals surface area contributed by atoms with Crippen LogP contribution in [0.5, 0.6) is 5.75 Å². The molecule has 21 heavy (non-hydrogen) atoms. The van der Waals surface area contributed by atoms with Crippen LogP contribution in [0.15, 0.2) is 29.2 Å². The fourth-order valence-corrected chi connectivity index (χ4v) is 3.97. The van der Waals surface area contributed by atoms with E-state index < -0.39 is 9.84 Å². The lowest BCUT2D eigenvalue weighted by atomic mass is 10.1. The van der Waals surface area contributed by atoms with E-state index in [0.29, 0.717) is 23.2 Å². The fourth-order valence-electron chi connectivity index (χ4n) is 2.66. The second-order valence-electron chi connectivity index (χ2n) is 5.43. The molecule has 0 amide bonds. The van der Waals surface area contributed by atoms with Crippen molar-refractivity contribution in [3.8, 4) is 5.75 Å². The van der Waals surface area contributed by atoms with Crippen molar-refractivity contribution in [2.75, 3.05) is 39.5 Å². The van der Waals surface area contributed by atoms with Crippen LogP contribution in [-0.2, 0) is 9.84 Å². The van der Waals surface area contributed by atoms with Gasteiger partial charge in [-0.2, -0.15) is 0 Å². The minimum atomic E-state index is -3.26. The SMILES string of the molecule is CNC1CCCN(CCS(=O)(=O)c2cccc(OC)c2)C1. The zero-order valence-corrected chi connectivity index (χ0v) is 13.5. The summed E-state index contributed by atoms with van der Waals surface area (Å²) < 4.78 is 29.9. The molecule has 2 rings (SSSR count). The molecule has 0 aliphatic carbocycles. The first-order chi connectivity index (χ1) is 10.0. The van der Waals surface area contributed by atoms with Crippen LogP contribution in [0.2, 0.25) is 0 Å². The number of hydrogen-bond acceptors (Lipinski definition) is 5. The van der Waals surface area contributed by atoms with Crippen LogP contribution in [0, 0.1) is 0 Å². The molecule has 1 heterocycles. The third kappa shape index (κ3) is 4.43. The summed E-state index contributed by atoms with van der Waals surface area (Å²) >= 11 is 0. The van der Waals surface area contributed by atoms with Crippen molar-refractivity contribution in [3.63, 3.8) is 0 Å². The van der Waals surface area contributed by atoms with Crippen LogP contribution in [0.4, 0.5) is 0 Å². The summed E-state index contributed by atoms with van der Waals surface area (Å²) in [5.41, 5.74) is 0. The quantitative estimate of drug-likeness (QED) is 0.854. The van der Waals surface area contributed by atoms with Gasteiger partial charge < -0.3 is 15.0 Å². The molecule has 1 aromatic carbocycles. The van der Waals surface area contributed by atoms with Gasteiger partial charge in [-0.05, 0) is 44.6 Å². The van der Waals surface area contributed by atoms with E-state index in [2.05, 4.69) is 10.2 Å². The van der Waals surface area contributed by atoms with Crippen molar-refractivity contribution in [2.45, 2.75) is 23.8 Å². The number of hydrogen-bond donors (Lipinski definition) is 1. The Kier molecular flexibility index (Phi) is 5.61. The molecule has 6 heteroatoms. The van der Waals surface area contributed by atoms with Gasteiger partial charge in [-0.3, -0.25) is 0 Å². The van der Waals surface area contributed by atoms with E-state index in [0.717, 1.165) is 25.9 Å². The Labute approximate surface area is 127 Å². The van der Waals surface area contributed by atoms with Gasteiger partial charge in [0.05, 0.1) is 17.8 Å². The Morgan fingerprint density at radius 2 is 2.24 bits per heavy atom. The lowest BCUT2D eigenvalue weighted by molar-refractivity contribution is 0.205. The molecule has 0 bridgehead atoms. The molecule has 5 nitrogen and oxygen atoms in total. The number of nitrogens with zero attached hydrogens (tertiary/aromatic N) is 1. The molecule has 0 saturated carbocycles. The minimum absolute atomic E-state index is 0.149. The molecule has 1 unspecified atom stereocenters. The minimum Gasteiger partial charge on any atom is -0.497 e. The van der Waals surface area contributed by atoms with Gasteiger partial charge in [-0.1, -0.05) is 6.07 Å². The molecule has 1 fully saturated rings. The van der Waals surface area contributed by atoms with Gasteiger partial charge in [0.2, 0.25) is 0 Å². The molecule has 1 saturated heterocycles. The van der Waals surface area contributed by atoms with E-state index in [-0.39, 0.29) is 5.75 Å². The van der Waals surface area contributed by atoms with Gasteiger partial charge in [0, 0.05) is 19.1 Å². The van der Waals surface area contributed by atoms with E-state index in [4.69, 9.17) is 4.74 Å². The zero-order valence-electron chi connectivity index (χ0n) is 12.7. The largest absolute Gasteiger partial charge is 0.497 e. The fraction of sp³-hybridized carbons (Fsp3) is 0.600. The van der Waals surface area contributed by atoms with Crippen molar-refractivity contribution in [1.29, 1.82) is 0 Å². The zero-order chi connectivity index (χ0) is 15.3. The van der Waals surface area contributed by atoms with Crippen LogP contribution in [0.1, 0.15) is 12.8 Å². The van der Waals surface area contributed by atoms with Gasteiger partial charge in [0.1, 0.15) is 5.75 Å². The van der Waals surface area contributed by atoms with E-state index in [9.17, 15) is 8.42 Å². The van der Waals surface area contributed by atoms with Crippen molar-refractivity contribution in [3.05, 3.63) is 24.3 Å². The topological polar surface area (TPSA) is 58.6 Å². The van der Waals surface area contributed by atoms with Crippen molar-refractivity contribution in [1.82, 2.24) is 10.2 Å². The Morgan fingerprint density at radius 1 is 1.43 bits per heavy atom. The van der Waals surface area contributed by atoms with Crippen LogP contribution in [-0.4, -0.2) is 58.9 Å². The van der Waals surface area contributed by atoms with Gasteiger partial charge in [-0.25, -0.2) is 8.42 Å². The Hall–Kier alpha value is -1.11. The van der Waals surface area contributed by atoms with E-state index in [1.165, 1.54) is 7.11 Å². The van der Waals surface area contributed by atoms with E-state index in [1.54, 1.807) is 24.3 Å². The monoisotopic (exact) mass is 312 g/mol. The van der Waals surface area contributed by atoms with Crippen molar-refractivity contribution < 1.29 is 13.2 Å². The maximum atomic E-state index is 12.4. The average Bonchev–Trinajstić information content (AvgIpc) is 2.53. The maximum Gasteiger partial charge on any atom is 0.179 e. The Bertz CT molecular complexity index is 560. The molecule has 1 aliphatic heterocycles. The lowest BCUT2D eigenvalue weighted by Crippen LogP contribution is -2.45. The lowest BCUT2D eigenvalue weighted by Gasteiger charge is -2.32. The van der Waals surface area contributed by atoms with Crippen LogP contribution in [0.3, 0.4) is 0 Å². The standard InChI is InChI=1S/C15H24N2O3S/c1-16-13-5-4-8-17(12-13)9-10-21(18,19)15-7-3-6-14(11-15)20-2/h3,6-7,11,13,16H,4-5,8-10,12H2,1-2H3. The molecule has 1 atom stereocenters. The molecule has 0 aromatic heterocycles. The van der Waals surface area contributed by atoms with E-state index in [1.807, 2.05) is 7.05 Å². The third-order valence-corrected chi connectivity index (χ3v) is 5.68. The molecular formula is C15H24N2O3S. The summed E-state index contributed by atoms with van der Waals surface area (Å²) in [7, 11) is 0.240. The molecule has 1 N–H and O–H groups in total. The van der Waals surface area contributed by atoms with Gasteiger partial charge in [0.15, 0.2) is 9.84 Å². The summed E-state index contributed by atoms with van der Waals surface area (Å²) in [6, 6.07) is 7.15. The van der Waals surface area contributed by atoms with E-state index >= 15 is 0 Å². The normalized spacial score (nSPS) is 20.4. The molecule has 0 spiro atoms. The van der Waals surface area contributed by atoms with Crippen LogP contribution >= 0.6 is 0 Å². The highest BCUT2D eigenvalue weighted by Crippen LogP contribution is 2.19. The van der Waals surface area contributed by atoms with Gasteiger partial charge in [0.25, 0.3) is 0 Å². The molecule has 1 aromatic rings.